The third-order valence-corrected chi connectivity index (χ3v) is 5.96. The maximum absolute atomic E-state index is 12.8. The number of hydrogen-bond acceptors (Lipinski definition) is 6. The summed E-state index contributed by atoms with van der Waals surface area (Å²) in [7, 11) is -2.29. The fourth-order valence-electron chi connectivity index (χ4n) is 2.21. The zero-order valence-electron chi connectivity index (χ0n) is 14.4. The van der Waals surface area contributed by atoms with Crippen LogP contribution in [0.4, 0.5) is 5.82 Å². The first-order valence-corrected chi connectivity index (χ1v) is 9.71. The second-order valence-electron chi connectivity index (χ2n) is 5.21. The third-order valence-electron chi connectivity index (χ3n) is 3.63. The molecule has 0 unspecified atom stereocenters. The maximum atomic E-state index is 12.8. The predicted octanol–water partition coefficient (Wildman–Crippen LogP) is 2.35. The van der Waals surface area contributed by atoms with Crippen molar-refractivity contribution in [1.29, 1.82) is 0 Å². The minimum Gasteiger partial charge on any atom is -0.462 e. The van der Waals surface area contributed by atoms with Gasteiger partial charge in [-0.15, -0.1) is 12.4 Å². The summed E-state index contributed by atoms with van der Waals surface area (Å²) in [5.74, 6) is -0.432. The molecule has 3 N–H and O–H groups in total. The first kappa shape index (κ1) is 22.4. The van der Waals surface area contributed by atoms with Gasteiger partial charge in [-0.3, -0.25) is 9.40 Å². The quantitative estimate of drug-likeness (QED) is 0.630. The lowest BCUT2D eigenvalue weighted by Gasteiger charge is -2.10. The van der Waals surface area contributed by atoms with Gasteiger partial charge in [0.25, 0.3) is 10.0 Å². The van der Waals surface area contributed by atoms with Crippen molar-refractivity contribution in [3.05, 3.63) is 39.5 Å². The lowest BCUT2D eigenvalue weighted by molar-refractivity contribution is 0.0526. The van der Waals surface area contributed by atoms with Gasteiger partial charge in [-0.2, -0.15) is 5.10 Å². The molecule has 0 atom stereocenters. The number of nitrogens with zero attached hydrogens (tertiary/aromatic N) is 2. The van der Waals surface area contributed by atoms with Gasteiger partial charge in [0.15, 0.2) is 5.82 Å². The number of aromatic nitrogens is 2. The molecule has 0 fully saturated rings. The Morgan fingerprint density at radius 1 is 1.42 bits per heavy atom. The molecule has 2 aromatic rings. The van der Waals surface area contributed by atoms with E-state index in [1.54, 1.807) is 25.6 Å². The molecule has 144 valence electrons. The van der Waals surface area contributed by atoms with E-state index in [9.17, 15) is 13.2 Å². The summed E-state index contributed by atoms with van der Waals surface area (Å²) in [5.41, 5.74) is 7.20. The molecular weight excluding hydrogens is 448 g/mol. The topological polar surface area (TPSA) is 116 Å². The third kappa shape index (κ3) is 4.56. The molecule has 0 bridgehead atoms. The van der Waals surface area contributed by atoms with Crippen molar-refractivity contribution < 1.29 is 17.9 Å². The SMILES string of the molecule is CCOC(=O)c1ccc(Br)c(S(=O)(=O)Nc2nn(C)c(C)c2CN)c1.Cl. The summed E-state index contributed by atoms with van der Waals surface area (Å²) in [6.07, 6.45) is 0. The Balaban J connectivity index is 0.00000338. The molecule has 0 saturated heterocycles. The number of sulfonamides is 1. The molecule has 26 heavy (non-hydrogen) atoms. The number of aryl methyl sites for hydroxylation is 1. The fraction of sp³-hybridized carbons (Fsp3) is 0.333. The van der Waals surface area contributed by atoms with E-state index < -0.39 is 16.0 Å². The Morgan fingerprint density at radius 3 is 2.65 bits per heavy atom. The number of halogens is 2. The van der Waals surface area contributed by atoms with E-state index in [-0.39, 0.29) is 41.8 Å². The summed E-state index contributed by atoms with van der Waals surface area (Å²) >= 11 is 3.20. The van der Waals surface area contributed by atoms with Gasteiger partial charge in [0.1, 0.15) is 4.90 Å². The van der Waals surface area contributed by atoms with Crippen LogP contribution in [0.5, 0.6) is 0 Å². The average Bonchev–Trinajstić information content (AvgIpc) is 2.80. The van der Waals surface area contributed by atoms with Crippen molar-refractivity contribution >= 4 is 50.1 Å². The number of benzene rings is 1. The molecule has 0 aliphatic rings. The first-order chi connectivity index (χ1) is 11.7. The standard InChI is InChI=1S/C15H19BrN4O4S.ClH/c1-4-24-15(21)10-5-6-12(16)13(7-10)25(22,23)19-14-11(8-17)9(2)20(3)18-14;/h5-7H,4,8,17H2,1-3H3,(H,18,19);1H. The van der Waals surface area contributed by atoms with Crippen LogP contribution in [0.25, 0.3) is 0 Å². The Labute approximate surface area is 166 Å². The first-order valence-electron chi connectivity index (χ1n) is 7.43. The molecule has 2 rings (SSSR count). The van der Waals surface area contributed by atoms with Crippen molar-refractivity contribution in [2.75, 3.05) is 11.3 Å². The Morgan fingerprint density at radius 2 is 2.08 bits per heavy atom. The van der Waals surface area contributed by atoms with E-state index in [0.717, 1.165) is 5.69 Å². The zero-order chi connectivity index (χ0) is 18.8. The van der Waals surface area contributed by atoms with Crippen LogP contribution in [0.3, 0.4) is 0 Å². The molecule has 0 radical (unpaired) electrons. The lowest BCUT2D eigenvalue weighted by atomic mass is 10.2. The minimum atomic E-state index is -3.99. The van der Waals surface area contributed by atoms with Crippen LogP contribution >= 0.6 is 28.3 Å². The minimum absolute atomic E-state index is 0. The van der Waals surface area contributed by atoms with Crippen molar-refractivity contribution in [2.24, 2.45) is 12.8 Å². The van der Waals surface area contributed by atoms with E-state index in [2.05, 4.69) is 25.8 Å². The molecule has 0 saturated carbocycles. The van der Waals surface area contributed by atoms with Crippen molar-refractivity contribution in [2.45, 2.75) is 25.3 Å². The van der Waals surface area contributed by atoms with Crippen molar-refractivity contribution in [3.8, 4) is 0 Å². The van der Waals surface area contributed by atoms with Gasteiger partial charge < -0.3 is 10.5 Å². The molecule has 8 nitrogen and oxygen atoms in total. The number of esters is 1. The molecule has 1 aromatic carbocycles. The van der Waals surface area contributed by atoms with Crippen LogP contribution in [0.1, 0.15) is 28.5 Å². The normalized spacial score (nSPS) is 11.0. The second kappa shape index (κ2) is 8.85. The van der Waals surface area contributed by atoms with E-state index in [4.69, 9.17) is 10.5 Å². The summed E-state index contributed by atoms with van der Waals surface area (Å²) in [4.78, 5) is 11.8. The molecule has 1 heterocycles. The predicted molar refractivity (Wildman–Crippen MR) is 104 cm³/mol. The van der Waals surface area contributed by atoms with Crippen LogP contribution < -0.4 is 10.5 Å². The summed E-state index contributed by atoms with van der Waals surface area (Å²) in [5, 5.41) is 4.15. The smallest absolute Gasteiger partial charge is 0.338 e. The van der Waals surface area contributed by atoms with E-state index in [0.29, 0.717) is 10.0 Å². The number of carbonyl (C=O) groups is 1. The highest BCUT2D eigenvalue weighted by Crippen LogP contribution is 2.27. The molecule has 0 aliphatic carbocycles. The maximum Gasteiger partial charge on any atom is 0.338 e. The summed E-state index contributed by atoms with van der Waals surface area (Å²) in [6.45, 7) is 3.81. The van der Waals surface area contributed by atoms with E-state index in [1.807, 2.05) is 0 Å². The summed E-state index contributed by atoms with van der Waals surface area (Å²) in [6, 6.07) is 4.22. The van der Waals surface area contributed by atoms with Crippen molar-refractivity contribution in [1.82, 2.24) is 9.78 Å². The van der Waals surface area contributed by atoms with E-state index >= 15 is 0 Å². The second-order valence-corrected chi connectivity index (χ2v) is 7.72. The number of carbonyl (C=O) groups excluding carboxylic acids is 1. The van der Waals surface area contributed by atoms with Gasteiger partial charge >= 0.3 is 5.97 Å². The van der Waals surface area contributed by atoms with Crippen LogP contribution in [0, 0.1) is 6.92 Å². The number of nitrogens with one attached hydrogen (secondary N) is 1. The average molecular weight is 468 g/mol. The number of ether oxygens (including phenoxy) is 1. The van der Waals surface area contributed by atoms with Crippen LogP contribution in [0.2, 0.25) is 0 Å². The lowest BCUT2D eigenvalue weighted by Crippen LogP contribution is -2.17. The van der Waals surface area contributed by atoms with Crippen LogP contribution in [0.15, 0.2) is 27.6 Å². The molecule has 0 aliphatic heterocycles. The Kier molecular flexibility index (Phi) is 7.63. The molecule has 1 aromatic heterocycles. The molecule has 11 heteroatoms. The fourth-order valence-corrected chi connectivity index (χ4v) is 4.23. The molecule has 0 spiro atoms. The van der Waals surface area contributed by atoms with Gasteiger partial charge in [0.2, 0.25) is 0 Å². The highest BCUT2D eigenvalue weighted by Gasteiger charge is 2.23. The van der Waals surface area contributed by atoms with Gasteiger partial charge in [-0.05, 0) is 48.0 Å². The van der Waals surface area contributed by atoms with Gasteiger partial charge in [0, 0.05) is 29.3 Å². The van der Waals surface area contributed by atoms with Crippen molar-refractivity contribution in [3.63, 3.8) is 0 Å². The molecular formula is C15H20BrClN4O4S. The summed E-state index contributed by atoms with van der Waals surface area (Å²) < 4.78 is 34.7. The monoisotopic (exact) mass is 466 g/mol. The zero-order valence-corrected chi connectivity index (χ0v) is 17.7. The highest BCUT2D eigenvalue weighted by atomic mass is 79.9. The highest BCUT2D eigenvalue weighted by molar-refractivity contribution is 9.10. The van der Waals surface area contributed by atoms with Gasteiger partial charge in [0.05, 0.1) is 12.2 Å². The van der Waals surface area contributed by atoms with E-state index in [1.165, 1.54) is 18.2 Å². The number of nitrogens with two attached hydrogens (primary N) is 1. The van der Waals surface area contributed by atoms with Crippen LogP contribution in [-0.4, -0.2) is 30.8 Å². The Hall–Kier alpha value is -1.62. The Bertz CT molecular complexity index is 915. The number of rotatable bonds is 6. The molecule has 0 amide bonds. The number of hydrogen-bond donors (Lipinski definition) is 2. The number of anilines is 1. The van der Waals surface area contributed by atoms with Gasteiger partial charge in [-0.1, -0.05) is 0 Å². The van der Waals surface area contributed by atoms with Crippen LogP contribution in [-0.2, 0) is 28.4 Å². The van der Waals surface area contributed by atoms with Gasteiger partial charge in [-0.25, -0.2) is 13.2 Å². The largest absolute Gasteiger partial charge is 0.462 e.